The van der Waals surface area contributed by atoms with E-state index in [0.717, 1.165) is 31.4 Å². The number of rotatable bonds is 6. The van der Waals surface area contributed by atoms with Gasteiger partial charge in [-0.2, -0.15) is 0 Å². The number of nitrogens with one attached hydrogen (secondary N) is 1. The lowest BCUT2D eigenvalue weighted by molar-refractivity contribution is -0.151. The Morgan fingerprint density at radius 2 is 1.85 bits per heavy atom. The Kier molecular flexibility index (Phi) is 7.10. The van der Waals surface area contributed by atoms with Crippen LogP contribution in [0.4, 0.5) is 0 Å². The van der Waals surface area contributed by atoms with E-state index in [4.69, 9.17) is 14.2 Å². The molecule has 1 aliphatic heterocycles. The van der Waals surface area contributed by atoms with Gasteiger partial charge >= 0.3 is 11.9 Å². The van der Waals surface area contributed by atoms with Crippen LogP contribution < -0.4 is 10.1 Å². The highest BCUT2D eigenvalue weighted by Crippen LogP contribution is 2.47. The molecular weight excluding hydrogens is 434 g/mol. The monoisotopic (exact) mass is 467 g/mol. The number of esters is 2. The fourth-order valence-corrected chi connectivity index (χ4v) is 5.49. The highest BCUT2D eigenvalue weighted by Gasteiger charge is 2.48. The highest BCUT2D eigenvalue weighted by atomic mass is 16.5. The van der Waals surface area contributed by atoms with Crippen molar-refractivity contribution in [3.63, 3.8) is 0 Å². The molecule has 7 nitrogen and oxygen atoms in total. The third kappa shape index (κ3) is 4.36. The highest BCUT2D eigenvalue weighted by molar-refractivity contribution is 6.12. The molecule has 0 bridgehead atoms. The van der Waals surface area contributed by atoms with Gasteiger partial charge in [-0.1, -0.05) is 25.1 Å². The molecule has 3 aliphatic rings. The predicted octanol–water partition coefficient (Wildman–Crippen LogP) is 4.18. The molecule has 1 fully saturated rings. The third-order valence-corrected chi connectivity index (χ3v) is 7.07. The van der Waals surface area contributed by atoms with Crippen LogP contribution in [0.15, 0.2) is 46.8 Å². The molecule has 0 saturated heterocycles. The summed E-state index contributed by atoms with van der Waals surface area (Å²) in [5.74, 6) is -2.54. The van der Waals surface area contributed by atoms with Gasteiger partial charge in [0.1, 0.15) is 17.8 Å². The molecule has 3 atom stereocenters. The maximum Gasteiger partial charge on any atom is 0.337 e. The van der Waals surface area contributed by atoms with E-state index >= 15 is 0 Å². The van der Waals surface area contributed by atoms with Crippen molar-refractivity contribution in [2.24, 2.45) is 11.8 Å². The number of ether oxygens (including phenoxy) is 3. The second kappa shape index (κ2) is 10.0. The van der Waals surface area contributed by atoms with Crippen LogP contribution in [0.2, 0.25) is 0 Å². The van der Waals surface area contributed by atoms with Crippen LogP contribution >= 0.6 is 0 Å². The number of carbonyl (C=O) groups excluding carboxylic acids is 3. The van der Waals surface area contributed by atoms with Crippen LogP contribution in [0.25, 0.3) is 0 Å². The molecule has 0 aromatic heterocycles. The van der Waals surface area contributed by atoms with Gasteiger partial charge < -0.3 is 19.5 Å². The molecule has 0 unspecified atom stereocenters. The molecule has 0 amide bonds. The van der Waals surface area contributed by atoms with E-state index in [1.165, 1.54) is 7.11 Å². The fraction of sp³-hybridized carbons (Fsp3) is 0.519. The third-order valence-electron chi connectivity index (χ3n) is 7.07. The average Bonchev–Trinajstić information content (AvgIpc) is 3.31. The van der Waals surface area contributed by atoms with E-state index in [-0.39, 0.29) is 17.8 Å². The first-order chi connectivity index (χ1) is 16.4. The van der Waals surface area contributed by atoms with Gasteiger partial charge in [0, 0.05) is 22.5 Å². The minimum Gasteiger partial charge on any atom is -0.494 e. The number of benzene rings is 1. The summed E-state index contributed by atoms with van der Waals surface area (Å²) in [6.07, 6.45) is 4.15. The van der Waals surface area contributed by atoms with Crippen molar-refractivity contribution in [3.05, 3.63) is 52.4 Å². The van der Waals surface area contributed by atoms with Crippen molar-refractivity contribution >= 4 is 17.7 Å². The Morgan fingerprint density at radius 1 is 1.15 bits per heavy atom. The minimum atomic E-state index is -0.919. The van der Waals surface area contributed by atoms with Crippen molar-refractivity contribution in [2.45, 2.75) is 64.9 Å². The molecule has 1 heterocycles. The molecule has 1 aromatic rings. The lowest BCUT2D eigenvalue weighted by Gasteiger charge is -2.38. The van der Waals surface area contributed by atoms with E-state index in [1.54, 1.807) is 0 Å². The fourth-order valence-electron chi connectivity index (χ4n) is 5.49. The Morgan fingerprint density at radius 3 is 2.53 bits per heavy atom. The van der Waals surface area contributed by atoms with E-state index in [2.05, 4.69) is 5.32 Å². The first-order valence-corrected chi connectivity index (χ1v) is 12.1. The zero-order chi connectivity index (χ0) is 24.4. The Labute approximate surface area is 200 Å². The van der Waals surface area contributed by atoms with E-state index in [0.29, 0.717) is 41.2 Å². The summed E-state index contributed by atoms with van der Waals surface area (Å²) in [6, 6.07) is 7.44. The maximum atomic E-state index is 13.8. The summed E-state index contributed by atoms with van der Waals surface area (Å²) in [7, 11) is 1.29. The second-order valence-electron chi connectivity index (χ2n) is 9.32. The summed E-state index contributed by atoms with van der Waals surface area (Å²) >= 11 is 0. The van der Waals surface area contributed by atoms with Crippen LogP contribution in [-0.2, 0) is 23.9 Å². The van der Waals surface area contributed by atoms with Crippen LogP contribution in [-0.4, -0.2) is 37.5 Å². The van der Waals surface area contributed by atoms with E-state index in [9.17, 15) is 14.4 Å². The normalized spacial score (nSPS) is 25.1. The zero-order valence-electron chi connectivity index (χ0n) is 20.3. The standard InChI is InChI=1S/C27H33NO6/c1-5-33-20-13-9-8-12-18(20)23-22(27(31)34-17-10-6-7-11-17)16(3)28-19-14-15(2)21(26(30)32-4)25(29)24(19)23/h8-9,12-13,15,17,21,23,28H,5-7,10-11,14H2,1-4H3/t15-,21-,23-/m0/s1. The predicted molar refractivity (Wildman–Crippen MR) is 126 cm³/mol. The van der Waals surface area contributed by atoms with E-state index in [1.807, 2.05) is 45.0 Å². The number of carbonyl (C=O) groups is 3. The van der Waals surface area contributed by atoms with Gasteiger partial charge in [-0.05, 0) is 57.9 Å². The number of methoxy groups -OCH3 is 1. The number of Topliss-reactive ketones (excluding diaryl/α,β-unsaturated/α-hetero) is 1. The average molecular weight is 468 g/mol. The Hall–Kier alpha value is -3.09. The molecule has 0 radical (unpaired) electrons. The Balaban J connectivity index is 1.84. The number of ketones is 1. The lowest BCUT2D eigenvalue weighted by Crippen LogP contribution is -2.43. The molecule has 7 heteroatoms. The molecule has 2 aliphatic carbocycles. The van der Waals surface area contributed by atoms with Crippen LogP contribution in [0.5, 0.6) is 5.75 Å². The second-order valence-corrected chi connectivity index (χ2v) is 9.32. The molecule has 4 rings (SSSR count). The number of para-hydroxylation sites is 1. The summed E-state index contributed by atoms with van der Waals surface area (Å²) in [4.78, 5) is 39.9. The topological polar surface area (TPSA) is 90.9 Å². The SMILES string of the molecule is CCOc1ccccc1[C@H]1C(C(=O)OC2CCCC2)=C(C)NC2=C1C(=O)[C@@H](C(=O)OC)[C@@H](C)C2. The minimum absolute atomic E-state index is 0.115. The van der Waals surface area contributed by atoms with Gasteiger partial charge in [-0.25, -0.2) is 4.79 Å². The van der Waals surface area contributed by atoms with Gasteiger partial charge in [0.2, 0.25) is 0 Å². The van der Waals surface area contributed by atoms with Crippen molar-refractivity contribution in [1.29, 1.82) is 0 Å². The summed E-state index contributed by atoms with van der Waals surface area (Å²) < 4.78 is 16.8. The first-order valence-electron chi connectivity index (χ1n) is 12.1. The molecular formula is C27H33NO6. The summed E-state index contributed by atoms with van der Waals surface area (Å²) in [6.45, 7) is 6.04. The van der Waals surface area contributed by atoms with Gasteiger partial charge in [-0.15, -0.1) is 0 Å². The smallest absolute Gasteiger partial charge is 0.337 e. The van der Waals surface area contributed by atoms with Crippen LogP contribution in [0, 0.1) is 11.8 Å². The molecule has 1 saturated carbocycles. The van der Waals surface area contributed by atoms with Gasteiger partial charge in [0.05, 0.1) is 25.2 Å². The van der Waals surface area contributed by atoms with Crippen LogP contribution in [0.1, 0.15) is 64.4 Å². The van der Waals surface area contributed by atoms with Crippen molar-refractivity contribution in [3.8, 4) is 5.75 Å². The van der Waals surface area contributed by atoms with Gasteiger partial charge in [0.15, 0.2) is 5.78 Å². The summed E-state index contributed by atoms with van der Waals surface area (Å²) in [5, 5.41) is 3.31. The van der Waals surface area contributed by atoms with Crippen LogP contribution in [0.3, 0.4) is 0 Å². The quantitative estimate of drug-likeness (QED) is 0.496. The number of hydrogen-bond donors (Lipinski definition) is 1. The largest absolute Gasteiger partial charge is 0.494 e. The van der Waals surface area contributed by atoms with Crippen molar-refractivity contribution in [2.75, 3.05) is 13.7 Å². The molecule has 1 aromatic carbocycles. The maximum absolute atomic E-state index is 13.8. The molecule has 34 heavy (non-hydrogen) atoms. The van der Waals surface area contributed by atoms with Crippen molar-refractivity contribution in [1.82, 2.24) is 5.32 Å². The molecule has 0 spiro atoms. The number of dihydropyridines is 1. The van der Waals surface area contributed by atoms with Crippen molar-refractivity contribution < 1.29 is 28.6 Å². The lowest BCUT2D eigenvalue weighted by atomic mass is 9.69. The number of hydrogen-bond acceptors (Lipinski definition) is 7. The van der Waals surface area contributed by atoms with Gasteiger partial charge in [0.25, 0.3) is 0 Å². The molecule has 182 valence electrons. The van der Waals surface area contributed by atoms with Gasteiger partial charge in [-0.3, -0.25) is 9.59 Å². The first kappa shape index (κ1) is 24.0. The van der Waals surface area contributed by atoms with E-state index < -0.39 is 23.8 Å². The summed E-state index contributed by atoms with van der Waals surface area (Å²) in [5.41, 5.74) is 2.93. The Bertz CT molecular complexity index is 1050. The number of allylic oxidation sites excluding steroid dienone is 3. The molecule has 1 N–H and O–H groups in total. The zero-order valence-corrected chi connectivity index (χ0v) is 20.3.